The van der Waals surface area contributed by atoms with Crippen LogP contribution in [0.5, 0.6) is 0 Å². The van der Waals surface area contributed by atoms with E-state index in [0.717, 1.165) is 16.1 Å². The van der Waals surface area contributed by atoms with Crippen LogP contribution in [0.4, 0.5) is 10.7 Å². The molecule has 4 heteroatoms. The van der Waals surface area contributed by atoms with Gasteiger partial charge in [-0.25, -0.2) is 0 Å². The summed E-state index contributed by atoms with van der Waals surface area (Å²) in [6.07, 6.45) is 0. The van der Waals surface area contributed by atoms with Crippen LogP contribution in [0.2, 0.25) is 0 Å². The molecule has 0 aliphatic rings. The van der Waals surface area contributed by atoms with Crippen molar-refractivity contribution < 1.29 is 0 Å². The molecule has 0 fully saturated rings. The summed E-state index contributed by atoms with van der Waals surface area (Å²) >= 11 is 3.87. The molecule has 0 aliphatic carbocycles. The number of nitrogen functional groups attached to an aromatic ring is 2. The average molecular weight is 290 g/mol. The molecule has 2 nitrogen and oxygen atoms in total. The molecule has 2 aromatic rings. The molecular formula is C8H7IN2S. The first-order valence-electron chi connectivity index (χ1n) is 3.41. The zero-order valence-electron chi connectivity index (χ0n) is 6.17. The van der Waals surface area contributed by atoms with Crippen LogP contribution in [0.15, 0.2) is 18.2 Å². The second-order valence-electron chi connectivity index (χ2n) is 2.57. The van der Waals surface area contributed by atoms with E-state index in [1.807, 2.05) is 18.2 Å². The zero-order valence-corrected chi connectivity index (χ0v) is 9.15. The van der Waals surface area contributed by atoms with Gasteiger partial charge < -0.3 is 11.5 Å². The quantitative estimate of drug-likeness (QED) is 0.579. The second-order valence-corrected chi connectivity index (χ2v) is 4.82. The number of halogens is 1. The molecule has 62 valence electrons. The lowest BCUT2D eigenvalue weighted by atomic mass is 10.2. The molecule has 2 rings (SSSR count). The van der Waals surface area contributed by atoms with Gasteiger partial charge >= 0.3 is 0 Å². The summed E-state index contributed by atoms with van der Waals surface area (Å²) in [4.78, 5) is 0. The van der Waals surface area contributed by atoms with Gasteiger partial charge in [0.25, 0.3) is 0 Å². The Kier molecular flexibility index (Phi) is 1.88. The van der Waals surface area contributed by atoms with Gasteiger partial charge in [0.05, 0.1) is 5.00 Å². The first-order chi connectivity index (χ1) is 5.66. The number of benzene rings is 1. The molecule has 0 radical (unpaired) electrons. The van der Waals surface area contributed by atoms with Gasteiger partial charge in [-0.2, -0.15) is 0 Å². The van der Waals surface area contributed by atoms with Crippen LogP contribution < -0.4 is 11.5 Å². The van der Waals surface area contributed by atoms with E-state index in [4.69, 9.17) is 11.5 Å². The third-order valence-electron chi connectivity index (χ3n) is 1.61. The second kappa shape index (κ2) is 2.77. The minimum Gasteiger partial charge on any atom is -0.399 e. The minimum atomic E-state index is 0.796. The molecular weight excluding hydrogens is 283 g/mol. The van der Waals surface area contributed by atoms with E-state index >= 15 is 0 Å². The Morgan fingerprint density at radius 1 is 1.17 bits per heavy atom. The molecule has 0 aliphatic heterocycles. The highest BCUT2D eigenvalue weighted by Gasteiger charge is 2.03. The maximum Gasteiger partial charge on any atom is 0.0869 e. The summed E-state index contributed by atoms with van der Waals surface area (Å²) in [6, 6.07) is 5.86. The van der Waals surface area contributed by atoms with Gasteiger partial charge in [-0.05, 0) is 46.2 Å². The highest BCUT2D eigenvalue weighted by molar-refractivity contribution is 14.1. The van der Waals surface area contributed by atoms with Crippen LogP contribution in [0, 0.1) is 3.57 Å². The topological polar surface area (TPSA) is 52.0 Å². The Labute approximate surface area is 87.7 Å². The van der Waals surface area contributed by atoms with Crippen LogP contribution in [-0.4, -0.2) is 0 Å². The molecule has 4 N–H and O–H groups in total. The van der Waals surface area contributed by atoms with E-state index in [-0.39, 0.29) is 0 Å². The van der Waals surface area contributed by atoms with Gasteiger partial charge in [0.15, 0.2) is 0 Å². The lowest BCUT2D eigenvalue weighted by molar-refractivity contribution is 1.74. The molecule has 0 spiro atoms. The van der Waals surface area contributed by atoms with Crippen LogP contribution >= 0.6 is 33.9 Å². The van der Waals surface area contributed by atoms with Crippen molar-refractivity contribution >= 4 is 54.7 Å². The minimum absolute atomic E-state index is 0.796. The fourth-order valence-corrected chi connectivity index (χ4v) is 2.97. The van der Waals surface area contributed by atoms with Crippen LogP contribution in [0.3, 0.4) is 0 Å². The van der Waals surface area contributed by atoms with Crippen molar-refractivity contribution in [2.24, 2.45) is 0 Å². The SMILES string of the molecule is Nc1cc(I)c2sc(N)cc2c1. The van der Waals surface area contributed by atoms with Crippen molar-refractivity contribution in [3.05, 3.63) is 21.8 Å². The third-order valence-corrected chi connectivity index (χ3v) is 3.84. The van der Waals surface area contributed by atoms with Crippen molar-refractivity contribution in [1.29, 1.82) is 0 Å². The summed E-state index contributed by atoms with van der Waals surface area (Å²) in [5.41, 5.74) is 12.2. The molecule has 1 aromatic heterocycles. The Morgan fingerprint density at radius 2 is 1.92 bits per heavy atom. The lowest BCUT2D eigenvalue weighted by Gasteiger charge is -1.95. The van der Waals surface area contributed by atoms with E-state index < -0.39 is 0 Å². The molecule has 1 aromatic carbocycles. The largest absolute Gasteiger partial charge is 0.399 e. The fraction of sp³-hybridized carbons (Fsp3) is 0. The molecule has 0 amide bonds. The van der Waals surface area contributed by atoms with Crippen LogP contribution in [0.1, 0.15) is 0 Å². The zero-order chi connectivity index (χ0) is 8.72. The highest BCUT2D eigenvalue weighted by Crippen LogP contribution is 2.32. The van der Waals surface area contributed by atoms with Gasteiger partial charge in [-0.1, -0.05) is 0 Å². The maximum atomic E-state index is 5.69. The predicted octanol–water partition coefficient (Wildman–Crippen LogP) is 2.67. The predicted molar refractivity (Wildman–Crippen MR) is 63.4 cm³/mol. The monoisotopic (exact) mass is 290 g/mol. The molecule has 0 saturated carbocycles. The van der Waals surface area contributed by atoms with E-state index in [2.05, 4.69) is 22.6 Å². The molecule has 1 heterocycles. The number of hydrogen-bond acceptors (Lipinski definition) is 3. The lowest BCUT2D eigenvalue weighted by Crippen LogP contribution is -1.84. The summed E-state index contributed by atoms with van der Waals surface area (Å²) in [7, 11) is 0. The van der Waals surface area contributed by atoms with Crippen LogP contribution in [-0.2, 0) is 0 Å². The third kappa shape index (κ3) is 1.25. The number of nitrogens with two attached hydrogens (primary N) is 2. The van der Waals surface area contributed by atoms with Gasteiger partial charge in [0, 0.05) is 14.0 Å². The summed E-state index contributed by atoms with van der Waals surface area (Å²) in [5.74, 6) is 0. The van der Waals surface area contributed by atoms with Crippen molar-refractivity contribution in [3.63, 3.8) is 0 Å². The number of fused-ring (bicyclic) bond motifs is 1. The molecule has 0 atom stereocenters. The van der Waals surface area contributed by atoms with E-state index in [9.17, 15) is 0 Å². The van der Waals surface area contributed by atoms with Crippen molar-refractivity contribution in [2.75, 3.05) is 11.5 Å². The van der Waals surface area contributed by atoms with Crippen molar-refractivity contribution in [3.8, 4) is 0 Å². The Balaban J connectivity index is 2.88. The summed E-state index contributed by atoms with van der Waals surface area (Å²) in [6.45, 7) is 0. The Hall–Kier alpha value is -0.490. The van der Waals surface area contributed by atoms with E-state index in [1.54, 1.807) is 11.3 Å². The van der Waals surface area contributed by atoms with Gasteiger partial charge in [0.1, 0.15) is 0 Å². The standard InChI is InChI=1S/C8H7IN2S/c9-6-3-5(10)1-4-2-7(11)12-8(4)6/h1-3H,10-11H2. The Bertz CT molecular complexity index is 436. The number of hydrogen-bond donors (Lipinski definition) is 2. The van der Waals surface area contributed by atoms with Crippen molar-refractivity contribution in [1.82, 2.24) is 0 Å². The summed E-state index contributed by atoms with van der Waals surface area (Å²) < 4.78 is 2.40. The van der Waals surface area contributed by atoms with Gasteiger partial charge in [-0.15, -0.1) is 11.3 Å². The first-order valence-corrected chi connectivity index (χ1v) is 5.30. The molecule has 0 saturated heterocycles. The molecule has 0 bridgehead atoms. The maximum absolute atomic E-state index is 5.69. The highest BCUT2D eigenvalue weighted by atomic mass is 127. The molecule has 0 unspecified atom stereocenters. The number of anilines is 2. The van der Waals surface area contributed by atoms with Crippen LogP contribution in [0.25, 0.3) is 10.1 Å². The first kappa shape index (κ1) is 8.12. The van der Waals surface area contributed by atoms with Gasteiger partial charge in [-0.3, -0.25) is 0 Å². The normalized spacial score (nSPS) is 10.8. The van der Waals surface area contributed by atoms with Gasteiger partial charge in [0.2, 0.25) is 0 Å². The Morgan fingerprint density at radius 3 is 2.67 bits per heavy atom. The number of thiophene rings is 1. The number of rotatable bonds is 0. The smallest absolute Gasteiger partial charge is 0.0869 e. The van der Waals surface area contributed by atoms with E-state index in [0.29, 0.717) is 0 Å². The van der Waals surface area contributed by atoms with E-state index in [1.165, 1.54) is 8.27 Å². The average Bonchev–Trinajstić information content (AvgIpc) is 2.29. The summed E-state index contributed by atoms with van der Waals surface area (Å²) in [5, 5.41) is 1.98. The van der Waals surface area contributed by atoms with Crippen molar-refractivity contribution in [2.45, 2.75) is 0 Å². The fourth-order valence-electron chi connectivity index (χ4n) is 1.15. The molecule has 12 heavy (non-hydrogen) atoms.